The molecular formula is C23H25N2O2S+. The number of fused-ring (bicyclic) bond motifs is 2. The Bertz CT molecular complexity index is 1020. The van der Waals surface area contributed by atoms with E-state index >= 15 is 0 Å². The fourth-order valence-corrected chi connectivity index (χ4v) is 5.21. The molecule has 0 fully saturated rings. The van der Waals surface area contributed by atoms with E-state index in [9.17, 15) is 4.79 Å². The number of unbranched alkanes of at least 4 members (excludes halogenated alkanes) is 2. The second-order valence-corrected chi connectivity index (χ2v) is 8.32. The Hall–Kier alpha value is -2.66. The molecule has 4 rings (SSSR count). The van der Waals surface area contributed by atoms with Crippen molar-refractivity contribution in [1.82, 2.24) is 0 Å². The van der Waals surface area contributed by atoms with Gasteiger partial charge in [-0.05, 0) is 36.6 Å². The minimum Gasteiger partial charge on any atom is -0.481 e. The number of benzene rings is 2. The summed E-state index contributed by atoms with van der Waals surface area (Å²) < 4.78 is 3.74. The van der Waals surface area contributed by atoms with Crippen molar-refractivity contribution in [2.45, 2.75) is 38.1 Å². The van der Waals surface area contributed by atoms with Crippen LogP contribution in [0.5, 0.6) is 0 Å². The molecule has 0 amide bonds. The quantitative estimate of drug-likeness (QED) is 0.457. The number of thiazole rings is 1. The number of anilines is 1. The molecule has 2 heterocycles. The number of aromatic nitrogens is 1. The highest BCUT2D eigenvalue weighted by molar-refractivity contribution is 7.18. The summed E-state index contributed by atoms with van der Waals surface area (Å²) in [7, 11) is 2.09. The zero-order chi connectivity index (χ0) is 19.5. The number of hydrogen-bond acceptors (Lipinski definition) is 3. The molecule has 0 aliphatic carbocycles. The number of nitrogens with zero attached hydrogens (tertiary/aromatic N) is 2. The third kappa shape index (κ3) is 3.67. The second-order valence-electron chi connectivity index (χ2n) is 7.25. The number of aliphatic carboxylic acids is 1. The largest absolute Gasteiger partial charge is 0.481 e. The van der Waals surface area contributed by atoms with E-state index < -0.39 is 5.97 Å². The summed E-state index contributed by atoms with van der Waals surface area (Å²) in [5.74, 6) is -0.466. The molecule has 0 radical (unpaired) electrons. The van der Waals surface area contributed by atoms with Crippen LogP contribution in [0.1, 0.15) is 42.2 Å². The SMILES string of the molecule is CN1C=CC(c2sc3ccccc3[n+]2CCCCCC(=O)O)c2ccccc21. The summed E-state index contributed by atoms with van der Waals surface area (Å²) in [4.78, 5) is 12.9. The lowest BCUT2D eigenvalue weighted by atomic mass is 9.94. The maximum absolute atomic E-state index is 10.8. The molecule has 144 valence electrons. The van der Waals surface area contributed by atoms with Crippen molar-refractivity contribution in [3.63, 3.8) is 0 Å². The molecule has 1 N–H and O–H groups in total. The Kier molecular flexibility index (Phi) is 5.44. The van der Waals surface area contributed by atoms with Crippen LogP contribution in [0.15, 0.2) is 60.8 Å². The second kappa shape index (κ2) is 8.15. The van der Waals surface area contributed by atoms with Gasteiger partial charge in [0.2, 0.25) is 10.5 Å². The average Bonchev–Trinajstić information content (AvgIpc) is 3.06. The highest BCUT2D eigenvalue weighted by atomic mass is 32.1. The van der Waals surface area contributed by atoms with E-state index in [2.05, 4.69) is 77.3 Å². The number of hydrogen-bond donors (Lipinski definition) is 1. The Morgan fingerprint density at radius 1 is 1.11 bits per heavy atom. The molecule has 1 aromatic heterocycles. The van der Waals surface area contributed by atoms with Crippen molar-refractivity contribution in [1.29, 1.82) is 0 Å². The van der Waals surface area contributed by atoms with E-state index in [1.807, 2.05) is 11.3 Å². The van der Waals surface area contributed by atoms with E-state index in [0.717, 1.165) is 25.8 Å². The average molecular weight is 394 g/mol. The number of carbonyl (C=O) groups is 1. The van der Waals surface area contributed by atoms with Gasteiger partial charge in [0, 0.05) is 37.8 Å². The van der Waals surface area contributed by atoms with Gasteiger partial charge in [0.15, 0.2) is 0 Å². The lowest BCUT2D eigenvalue weighted by Crippen LogP contribution is -2.38. The fraction of sp³-hybridized carbons (Fsp3) is 0.304. The summed E-state index contributed by atoms with van der Waals surface area (Å²) in [6.07, 6.45) is 7.37. The van der Waals surface area contributed by atoms with Gasteiger partial charge in [0.1, 0.15) is 17.2 Å². The van der Waals surface area contributed by atoms with Crippen LogP contribution in [-0.2, 0) is 11.3 Å². The van der Waals surface area contributed by atoms with Gasteiger partial charge in [-0.3, -0.25) is 4.79 Å². The Morgan fingerprint density at radius 2 is 1.89 bits per heavy atom. The first-order valence-corrected chi connectivity index (χ1v) is 10.6. The van der Waals surface area contributed by atoms with Crippen molar-refractivity contribution in [3.8, 4) is 0 Å². The molecule has 3 aromatic rings. The lowest BCUT2D eigenvalue weighted by molar-refractivity contribution is -0.675. The molecular weight excluding hydrogens is 368 g/mol. The Labute approximate surface area is 169 Å². The Balaban J connectivity index is 1.67. The third-order valence-electron chi connectivity index (χ3n) is 5.33. The normalized spacial score (nSPS) is 15.8. The first-order valence-electron chi connectivity index (χ1n) is 9.78. The molecule has 0 bridgehead atoms. The van der Waals surface area contributed by atoms with Crippen LogP contribution in [-0.4, -0.2) is 18.1 Å². The first kappa shape index (κ1) is 18.7. The molecule has 2 aromatic carbocycles. The van der Waals surface area contributed by atoms with Gasteiger partial charge in [-0.25, -0.2) is 0 Å². The summed E-state index contributed by atoms with van der Waals surface area (Å²) in [6, 6.07) is 17.2. The molecule has 1 aliphatic rings. The molecule has 1 atom stereocenters. The van der Waals surface area contributed by atoms with Gasteiger partial charge in [-0.2, -0.15) is 4.57 Å². The first-order chi connectivity index (χ1) is 13.6. The molecule has 5 heteroatoms. The Morgan fingerprint density at radius 3 is 2.75 bits per heavy atom. The van der Waals surface area contributed by atoms with E-state index in [4.69, 9.17) is 5.11 Å². The van der Waals surface area contributed by atoms with Crippen LogP contribution >= 0.6 is 11.3 Å². The van der Waals surface area contributed by atoms with Gasteiger partial charge in [0.05, 0.1) is 0 Å². The van der Waals surface area contributed by atoms with Gasteiger partial charge in [0.25, 0.3) is 0 Å². The highest BCUT2D eigenvalue weighted by Crippen LogP contribution is 2.39. The molecule has 0 saturated heterocycles. The summed E-state index contributed by atoms with van der Waals surface area (Å²) >= 11 is 1.86. The summed E-state index contributed by atoms with van der Waals surface area (Å²) in [5, 5.41) is 10.2. The minimum atomic E-state index is -0.706. The maximum atomic E-state index is 10.8. The fourth-order valence-electron chi connectivity index (χ4n) is 3.92. The lowest BCUT2D eigenvalue weighted by Gasteiger charge is -2.25. The highest BCUT2D eigenvalue weighted by Gasteiger charge is 2.31. The summed E-state index contributed by atoms with van der Waals surface area (Å²) in [6.45, 7) is 0.918. The molecule has 0 spiro atoms. The number of allylic oxidation sites excluding steroid dienone is 1. The number of aryl methyl sites for hydroxylation is 1. The topological polar surface area (TPSA) is 44.4 Å². The van der Waals surface area contributed by atoms with Crippen molar-refractivity contribution >= 4 is 33.2 Å². The standard InChI is InChI=1S/C23H24N2O2S/c1-24-16-14-18(17-9-4-5-10-19(17)24)23-25(15-8-2-3-13-22(26)27)20-11-6-7-12-21(20)28-23/h4-7,9-12,14,16,18H,2-3,8,13,15H2,1H3/p+1. The third-order valence-corrected chi connectivity index (χ3v) is 6.58. The molecule has 28 heavy (non-hydrogen) atoms. The van der Waals surface area contributed by atoms with Crippen molar-refractivity contribution in [2.75, 3.05) is 11.9 Å². The van der Waals surface area contributed by atoms with Crippen LogP contribution in [0, 0.1) is 0 Å². The molecule has 4 nitrogen and oxygen atoms in total. The zero-order valence-electron chi connectivity index (χ0n) is 16.0. The zero-order valence-corrected chi connectivity index (χ0v) is 16.9. The predicted octanol–water partition coefficient (Wildman–Crippen LogP) is 4.93. The number of carboxylic acid groups (broad SMARTS) is 1. The maximum Gasteiger partial charge on any atom is 0.303 e. The summed E-state index contributed by atoms with van der Waals surface area (Å²) in [5.41, 5.74) is 3.85. The van der Waals surface area contributed by atoms with Crippen molar-refractivity contribution in [3.05, 3.63) is 71.4 Å². The molecule has 1 unspecified atom stereocenters. The van der Waals surface area contributed by atoms with Crippen LogP contribution in [0.25, 0.3) is 10.2 Å². The van der Waals surface area contributed by atoms with Crippen LogP contribution < -0.4 is 9.47 Å². The number of para-hydroxylation sites is 2. The van der Waals surface area contributed by atoms with Gasteiger partial charge < -0.3 is 10.0 Å². The van der Waals surface area contributed by atoms with Gasteiger partial charge in [-0.15, -0.1) is 0 Å². The van der Waals surface area contributed by atoms with Crippen LogP contribution in [0.2, 0.25) is 0 Å². The van der Waals surface area contributed by atoms with Crippen LogP contribution in [0.4, 0.5) is 5.69 Å². The van der Waals surface area contributed by atoms with Crippen LogP contribution in [0.3, 0.4) is 0 Å². The predicted molar refractivity (Wildman–Crippen MR) is 114 cm³/mol. The number of carboxylic acids is 1. The van der Waals surface area contributed by atoms with E-state index in [1.165, 1.54) is 26.5 Å². The molecule has 1 aliphatic heterocycles. The van der Waals surface area contributed by atoms with E-state index in [0.29, 0.717) is 0 Å². The van der Waals surface area contributed by atoms with Crippen molar-refractivity contribution in [2.24, 2.45) is 0 Å². The van der Waals surface area contributed by atoms with E-state index in [-0.39, 0.29) is 12.3 Å². The molecule has 0 saturated carbocycles. The number of rotatable bonds is 7. The monoisotopic (exact) mass is 393 g/mol. The van der Waals surface area contributed by atoms with Crippen molar-refractivity contribution < 1.29 is 14.5 Å². The van der Waals surface area contributed by atoms with E-state index in [1.54, 1.807) is 0 Å². The minimum absolute atomic E-state index is 0.240. The van der Waals surface area contributed by atoms with Gasteiger partial charge >= 0.3 is 5.97 Å². The smallest absolute Gasteiger partial charge is 0.303 e. The van der Waals surface area contributed by atoms with Gasteiger partial charge in [-0.1, -0.05) is 41.7 Å².